The van der Waals surface area contributed by atoms with Crippen LogP contribution in [0.5, 0.6) is 5.75 Å². The van der Waals surface area contributed by atoms with Crippen molar-refractivity contribution in [2.45, 2.75) is 25.8 Å². The first-order chi connectivity index (χ1) is 12.1. The highest BCUT2D eigenvalue weighted by atomic mass is 16.5. The predicted molar refractivity (Wildman–Crippen MR) is 96.9 cm³/mol. The molecular formula is C20H20N2O3. The minimum absolute atomic E-state index is 0.0184. The number of aryl methyl sites for hydroxylation is 1. The van der Waals surface area contributed by atoms with Gasteiger partial charge in [-0.05, 0) is 54.7 Å². The molecule has 25 heavy (non-hydrogen) atoms. The van der Waals surface area contributed by atoms with Crippen molar-refractivity contribution < 1.29 is 9.84 Å². The Morgan fingerprint density at radius 1 is 1.12 bits per heavy atom. The van der Waals surface area contributed by atoms with Gasteiger partial charge in [-0.2, -0.15) is 0 Å². The maximum atomic E-state index is 13.0. The molecule has 128 valence electrons. The Bertz CT molecular complexity index is 988. The van der Waals surface area contributed by atoms with Gasteiger partial charge in [0.15, 0.2) is 0 Å². The third-order valence-corrected chi connectivity index (χ3v) is 4.91. The lowest BCUT2D eigenvalue weighted by molar-refractivity contribution is 0.0685. The van der Waals surface area contributed by atoms with Crippen LogP contribution in [0.15, 0.2) is 47.5 Å². The van der Waals surface area contributed by atoms with E-state index in [4.69, 9.17) is 4.74 Å². The van der Waals surface area contributed by atoms with Crippen molar-refractivity contribution in [1.82, 2.24) is 9.55 Å². The molecule has 3 aromatic rings. The van der Waals surface area contributed by atoms with Gasteiger partial charge in [-0.3, -0.25) is 9.36 Å². The molecule has 1 aromatic heterocycles. The van der Waals surface area contributed by atoms with E-state index in [0.29, 0.717) is 24.1 Å². The van der Waals surface area contributed by atoms with Crippen LogP contribution in [0.2, 0.25) is 0 Å². The second-order valence-corrected chi connectivity index (χ2v) is 6.53. The molecule has 0 aliphatic carbocycles. The fourth-order valence-corrected chi connectivity index (χ4v) is 3.33. The first-order valence-electron chi connectivity index (χ1n) is 8.52. The van der Waals surface area contributed by atoms with Crippen molar-refractivity contribution in [3.63, 3.8) is 0 Å². The zero-order valence-electron chi connectivity index (χ0n) is 14.1. The van der Waals surface area contributed by atoms with E-state index in [1.165, 1.54) is 0 Å². The Balaban J connectivity index is 1.82. The Morgan fingerprint density at radius 3 is 2.60 bits per heavy atom. The SMILES string of the molecule is Cc1ccc(-c2ccc3ncn(C4CCOCC4)c(=O)c3c2)cc1O. The van der Waals surface area contributed by atoms with Gasteiger partial charge in [0.1, 0.15) is 5.75 Å². The van der Waals surface area contributed by atoms with Crippen LogP contribution in [0, 0.1) is 6.92 Å². The predicted octanol–water partition coefficient (Wildman–Crippen LogP) is 3.43. The van der Waals surface area contributed by atoms with Gasteiger partial charge in [-0.1, -0.05) is 18.2 Å². The van der Waals surface area contributed by atoms with Crippen molar-refractivity contribution in [3.8, 4) is 16.9 Å². The zero-order chi connectivity index (χ0) is 17.4. The topological polar surface area (TPSA) is 64.4 Å². The lowest BCUT2D eigenvalue weighted by Crippen LogP contribution is -2.29. The van der Waals surface area contributed by atoms with Crippen LogP contribution < -0.4 is 5.56 Å². The summed E-state index contributed by atoms with van der Waals surface area (Å²) in [4.78, 5) is 17.4. The summed E-state index contributed by atoms with van der Waals surface area (Å²) in [5.74, 6) is 0.253. The molecule has 5 nitrogen and oxygen atoms in total. The van der Waals surface area contributed by atoms with E-state index >= 15 is 0 Å². The highest BCUT2D eigenvalue weighted by Gasteiger charge is 2.18. The second kappa shape index (κ2) is 6.33. The molecule has 2 aromatic carbocycles. The first-order valence-corrected chi connectivity index (χ1v) is 8.52. The van der Waals surface area contributed by atoms with Gasteiger partial charge >= 0.3 is 0 Å². The van der Waals surface area contributed by atoms with E-state index in [-0.39, 0.29) is 17.4 Å². The Morgan fingerprint density at radius 2 is 1.84 bits per heavy atom. The zero-order valence-corrected chi connectivity index (χ0v) is 14.1. The molecule has 2 heterocycles. The van der Waals surface area contributed by atoms with Gasteiger partial charge in [0.2, 0.25) is 0 Å². The molecule has 0 amide bonds. The highest BCUT2D eigenvalue weighted by molar-refractivity contribution is 5.84. The Hall–Kier alpha value is -2.66. The molecular weight excluding hydrogens is 316 g/mol. The first kappa shape index (κ1) is 15.8. The quantitative estimate of drug-likeness (QED) is 0.779. The second-order valence-electron chi connectivity index (χ2n) is 6.53. The van der Waals surface area contributed by atoms with Gasteiger partial charge < -0.3 is 9.84 Å². The molecule has 1 aliphatic heterocycles. The molecule has 0 spiro atoms. The van der Waals surface area contributed by atoms with Crippen LogP contribution in [0.25, 0.3) is 22.0 Å². The van der Waals surface area contributed by atoms with Crippen LogP contribution in [0.3, 0.4) is 0 Å². The van der Waals surface area contributed by atoms with Crippen molar-refractivity contribution in [2.75, 3.05) is 13.2 Å². The largest absolute Gasteiger partial charge is 0.508 e. The maximum Gasteiger partial charge on any atom is 0.261 e. The Labute approximate surface area is 145 Å². The van der Waals surface area contributed by atoms with Crippen molar-refractivity contribution in [3.05, 3.63) is 58.6 Å². The van der Waals surface area contributed by atoms with Crippen LogP contribution in [0.1, 0.15) is 24.4 Å². The summed E-state index contributed by atoms with van der Waals surface area (Å²) in [7, 11) is 0. The smallest absolute Gasteiger partial charge is 0.261 e. The highest BCUT2D eigenvalue weighted by Crippen LogP contribution is 2.28. The summed E-state index contributed by atoms with van der Waals surface area (Å²) in [5, 5.41) is 10.6. The number of aromatic nitrogens is 2. The van der Waals surface area contributed by atoms with Gasteiger partial charge in [0, 0.05) is 19.3 Å². The van der Waals surface area contributed by atoms with E-state index in [1.54, 1.807) is 17.0 Å². The van der Waals surface area contributed by atoms with Crippen LogP contribution in [-0.4, -0.2) is 27.9 Å². The Kier molecular flexibility index (Phi) is 4.01. The van der Waals surface area contributed by atoms with Gasteiger partial charge in [0.05, 0.1) is 17.2 Å². The van der Waals surface area contributed by atoms with Gasteiger partial charge in [-0.15, -0.1) is 0 Å². The lowest BCUT2D eigenvalue weighted by Gasteiger charge is -2.24. The normalized spacial score (nSPS) is 15.6. The number of aromatic hydroxyl groups is 1. The van der Waals surface area contributed by atoms with Crippen LogP contribution >= 0.6 is 0 Å². The molecule has 5 heteroatoms. The number of rotatable bonds is 2. The number of hydrogen-bond donors (Lipinski definition) is 1. The monoisotopic (exact) mass is 336 g/mol. The molecule has 1 saturated heterocycles. The van der Waals surface area contributed by atoms with E-state index < -0.39 is 0 Å². The van der Waals surface area contributed by atoms with E-state index in [1.807, 2.05) is 37.3 Å². The summed E-state index contributed by atoms with van der Waals surface area (Å²) in [5.41, 5.74) is 3.27. The molecule has 0 radical (unpaired) electrons. The third kappa shape index (κ3) is 2.91. The van der Waals surface area contributed by atoms with Crippen molar-refractivity contribution in [1.29, 1.82) is 0 Å². The van der Waals surface area contributed by atoms with E-state index in [2.05, 4.69) is 4.98 Å². The van der Waals surface area contributed by atoms with E-state index in [9.17, 15) is 9.90 Å². The third-order valence-electron chi connectivity index (χ3n) is 4.91. The summed E-state index contributed by atoms with van der Waals surface area (Å²) in [6, 6.07) is 11.3. The maximum absolute atomic E-state index is 13.0. The van der Waals surface area contributed by atoms with Gasteiger partial charge in [-0.25, -0.2) is 4.98 Å². The number of fused-ring (bicyclic) bond motifs is 1. The average molecular weight is 336 g/mol. The number of benzene rings is 2. The number of phenols is 1. The van der Waals surface area contributed by atoms with Crippen LogP contribution in [0.4, 0.5) is 0 Å². The van der Waals surface area contributed by atoms with Gasteiger partial charge in [0.25, 0.3) is 5.56 Å². The fraction of sp³-hybridized carbons (Fsp3) is 0.300. The summed E-state index contributed by atoms with van der Waals surface area (Å²) >= 11 is 0. The minimum atomic E-state index is -0.0184. The standard InChI is InChI=1S/C20H20N2O3/c1-13-2-3-15(11-19(13)23)14-4-5-18-17(10-14)20(24)22(12-21-18)16-6-8-25-9-7-16/h2-5,10-12,16,23H,6-9H2,1H3. The van der Waals surface area contributed by atoms with Crippen molar-refractivity contribution >= 4 is 10.9 Å². The fourth-order valence-electron chi connectivity index (χ4n) is 3.33. The number of nitrogens with zero attached hydrogens (tertiary/aromatic N) is 2. The van der Waals surface area contributed by atoms with Crippen LogP contribution in [-0.2, 0) is 4.74 Å². The molecule has 0 unspecified atom stereocenters. The molecule has 0 bridgehead atoms. The molecule has 1 N–H and O–H groups in total. The average Bonchev–Trinajstić information content (AvgIpc) is 2.65. The minimum Gasteiger partial charge on any atom is -0.508 e. The molecule has 0 saturated carbocycles. The number of hydrogen-bond acceptors (Lipinski definition) is 4. The number of phenolic OH excluding ortho intramolecular Hbond substituents is 1. The molecule has 0 atom stereocenters. The molecule has 1 fully saturated rings. The number of ether oxygens (including phenoxy) is 1. The molecule has 1 aliphatic rings. The summed E-state index contributed by atoms with van der Waals surface area (Å²) in [6.07, 6.45) is 3.31. The lowest BCUT2D eigenvalue weighted by atomic mass is 10.0. The summed E-state index contributed by atoms with van der Waals surface area (Å²) < 4.78 is 7.12. The summed E-state index contributed by atoms with van der Waals surface area (Å²) in [6.45, 7) is 3.21. The van der Waals surface area contributed by atoms with E-state index in [0.717, 1.165) is 29.5 Å². The molecule has 4 rings (SSSR count). The van der Waals surface area contributed by atoms with Crippen molar-refractivity contribution in [2.24, 2.45) is 0 Å².